The third kappa shape index (κ3) is 5.65. The molecule has 3 N–H and O–H groups in total. The summed E-state index contributed by atoms with van der Waals surface area (Å²) in [6, 6.07) is 20.2. The molecule has 0 radical (unpaired) electrons. The lowest BCUT2D eigenvalue weighted by molar-refractivity contribution is -0.575. The lowest BCUT2D eigenvalue weighted by Gasteiger charge is -2.26. The number of nitrogens with two attached hydrogens (primary N) is 1. The second-order valence-corrected chi connectivity index (χ2v) is 7.03. The van der Waals surface area contributed by atoms with Crippen LogP contribution in [-0.2, 0) is 22.6 Å². The number of carbonyl (C=O) groups is 1. The van der Waals surface area contributed by atoms with Crippen LogP contribution in [-0.4, -0.2) is 28.9 Å². The van der Waals surface area contributed by atoms with Gasteiger partial charge in [-0.05, 0) is 18.1 Å². The number of allylic oxidation sites excluding steroid dienone is 1. The summed E-state index contributed by atoms with van der Waals surface area (Å²) in [6.07, 6.45) is 2.73. The van der Waals surface area contributed by atoms with E-state index < -0.39 is 5.97 Å². The van der Waals surface area contributed by atoms with E-state index in [2.05, 4.69) is 34.2 Å². The van der Waals surface area contributed by atoms with Gasteiger partial charge < -0.3 is 15.0 Å². The highest BCUT2D eigenvalue weighted by Gasteiger charge is 2.26. The zero-order valence-corrected chi connectivity index (χ0v) is 17.5. The molecule has 0 saturated carbocycles. The standard InChI is InChI=1S/C23H23ClN4O2/c1-2-30-23(29)19(14-25)22-26-20(24)13-21(27-22)28(15-17-9-5-3-6-10-17)16-18-11-7-4-8-12-18/h3-14,25,27H,2,15-16H2,1H3/p+1/b22-19+,25-14?. The van der Waals surface area contributed by atoms with Crippen LogP contribution in [0.15, 0.2) is 88.9 Å². The van der Waals surface area contributed by atoms with Crippen LogP contribution in [0.2, 0.25) is 0 Å². The van der Waals surface area contributed by atoms with Crippen molar-refractivity contribution in [3.8, 4) is 0 Å². The normalized spacial score (nSPS) is 15.0. The second-order valence-electron chi connectivity index (χ2n) is 6.64. The number of hydrogen-bond acceptors (Lipinski definition) is 5. The molecule has 0 aliphatic carbocycles. The van der Waals surface area contributed by atoms with Gasteiger partial charge in [0.05, 0.1) is 12.7 Å². The number of esters is 1. The third-order valence-electron chi connectivity index (χ3n) is 4.49. The number of aliphatic imine (C=N–C) groups is 1. The highest BCUT2D eigenvalue weighted by Crippen LogP contribution is 2.16. The summed E-state index contributed by atoms with van der Waals surface area (Å²) < 4.78 is 5.06. The van der Waals surface area contributed by atoms with Gasteiger partial charge in [-0.3, -0.25) is 0 Å². The van der Waals surface area contributed by atoms with Crippen molar-refractivity contribution in [1.29, 1.82) is 5.41 Å². The van der Waals surface area contributed by atoms with Crippen LogP contribution in [0.1, 0.15) is 18.1 Å². The molecule has 0 amide bonds. The van der Waals surface area contributed by atoms with Gasteiger partial charge in [0.15, 0.2) is 5.57 Å². The molecule has 0 unspecified atom stereocenters. The predicted octanol–water partition coefficient (Wildman–Crippen LogP) is 3.17. The molecule has 0 aromatic heterocycles. The number of hydrogen-bond donors (Lipinski definition) is 2. The van der Waals surface area contributed by atoms with Crippen LogP contribution in [0.5, 0.6) is 0 Å². The van der Waals surface area contributed by atoms with Crippen LogP contribution >= 0.6 is 11.6 Å². The van der Waals surface area contributed by atoms with Crippen molar-refractivity contribution in [2.24, 2.45) is 4.99 Å². The summed E-state index contributed by atoms with van der Waals surface area (Å²) in [5.74, 6) is 0.532. The van der Waals surface area contributed by atoms with E-state index >= 15 is 0 Å². The second kappa shape index (κ2) is 10.5. The Hall–Kier alpha value is -3.22. The van der Waals surface area contributed by atoms with Crippen LogP contribution in [0.25, 0.3) is 0 Å². The number of halogens is 1. The number of nitrogens with one attached hydrogen (secondary N) is 1. The zero-order chi connectivity index (χ0) is 21.3. The first-order valence-corrected chi connectivity index (χ1v) is 10.0. The highest BCUT2D eigenvalue weighted by molar-refractivity contribution is 6.68. The van der Waals surface area contributed by atoms with Crippen molar-refractivity contribution < 1.29 is 14.8 Å². The molecule has 0 atom stereocenters. The number of rotatable bonds is 8. The van der Waals surface area contributed by atoms with E-state index in [1.807, 2.05) is 36.4 Å². The maximum absolute atomic E-state index is 12.2. The number of quaternary nitrogens is 1. The molecule has 1 aliphatic heterocycles. The molecule has 2 aromatic rings. The summed E-state index contributed by atoms with van der Waals surface area (Å²) in [5, 5.41) is 9.67. The van der Waals surface area contributed by atoms with Crippen molar-refractivity contribution in [1.82, 2.24) is 4.90 Å². The third-order valence-corrected chi connectivity index (χ3v) is 4.69. The molecule has 0 saturated heterocycles. The first-order chi connectivity index (χ1) is 14.6. The summed E-state index contributed by atoms with van der Waals surface area (Å²) in [4.78, 5) is 18.7. The molecule has 1 heterocycles. The monoisotopic (exact) mass is 423 g/mol. The van der Waals surface area contributed by atoms with Gasteiger partial charge in [-0.1, -0.05) is 72.3 Å². The molecule has 7 heteroatoms. The molecule has 154 valence electrons. The minimum Gasteiger partial charge on any atom is -0.462 e. The van der Waals surface area contributed by atoms with Gasteiger partial charge in [0.2, 0.25) is 11.6 Å². The van der Waals surface area contributed by atoms with E-state index in [1.54, 1.807) is 18.3 Å². The Kier molecular flexibility index (Phi) is 7.54. The number of nitrogens with zero attached hydrogens (tertiary/aromatic N) is 2. The predicted molar refractivity (Wildman–Crippen MR) is 118 cm³/mol. The van der Waals surface area contributed by atoms with Gasteiger partial charge in [-0.15, -0.1) is 0 Å². The lowest BCUT2D eigenvalue weighted by Crippen LogP contribution is -2.84. The van der Waals surface area contributed by atoms with E-state index in [-0.39, 0.29) is 17.4 Å². The topological polar surface area (TPSA) is 82.4 Å². The highest BCUT2D eigenvalue weighted by atomic mass is 35.5. The Morgan fingerprint density at radius 1 is 1.10 bits per heavy atom. The molecule has 1 aliphatic rings. The van der Waals surface area contributed by atoms with E-state index in [4.69, 9.17) is 21.7 Å². The van der Waals surface area contributed by atoms with Crippen molar-refractivity contribution in [2.75, 3.05) is 6.61 Å². The molecular weight excluding hydrogens is 400 g/mol. The average molecular weight is 424 g/mol. The van der Waals surface area contributed by atoms with E-state index in [1.165, 1.54) is 0 Å². The molecule has 6 nitrogen and oxygen atoms in total. The van der Waals surface area contributed by atoms with Crippen LogP contribution in [0.4, 0.5) is 0 Å². The molecule has 3 rings (SSSR count). The van der Waals surface area contributed by atoms with Crippen molar-refractivity contribution in [2.45, 2.75) is 20.0 Å². The molecule has 2 aromatic carbocycles. The Bertz CT molecular complexity index is 943. The van der Waals surface area contributed by atoms with Crippen molar-refractivity contribution in [3.05, 3.63) is 95.1 Å². The van der Waals surface area contributed by atoms with E-state index in [9.17, 15) is 4.79 Å². The van der Waals surface area contributed by atoms with Gasteiger partial charge >= 0.3 is 5.97 Å². The van der Waals surface area contributed by atoms with Gasteiger partial charge in [0.25, 0.3) is 0 Å². The summed E-state index contributed by atoms with van der Waals surface area (Å²) in [5.41, 5.74) is 2.36. The van der Waals surface area contributed by atoms with E-state index in [0.29, 0.717) is 18.9 Å². The Balaban J connectivity index is 1.94. The average Bonchev–Trinajstić information content (AvgIpc) is 2.75. The van der Waals surface area contributed by atoms with Crippen LogP contribution < -0.4 is 5.32 Å². The molecule has 0 spiro atoms. The smallest absolute Gasteiger partial charge is 0.347 e. The quantitative estimate of drug-likeness (QED) is 0.388. The number of benzene rings is 2. The molecular formula is C23H24ClN4O2+. The molecule has 0 fully saturated rings. The van der Waals surface area contributed by atoms with E-state index in [0.717, 1.165) is 23.2 Å². The van der Waals surface area contributed by atoms with Crippen molar-refractivity contribution in [3.63, 3.8) is 0 Å². The molecule has 30 heavy (non-hydrogen) atoms. The van der Waals surface area contributed by atoms with Gasteiger partial charge in [0, 0.05) is 19.3 Å². The van der Waals surface area contributed by atoms with Gasteiger partial charge in [-0.25, -0.2) is 10.1 Å². The van der Waals surface area contributed by atoms with Crippen LogP contribution in [0.3, 0.4) is 0 Å². The van der Waals surface area contributed by atoms with Gasteiger partial charge in [-0.2, -0.15) is 4.99 Å². The summed E-state index contributed by atoms with van der Waals surface area (Å²) >= 11 is 6.30. The first kappa shape index (κ1) is 21.5. The zero-order valence-electron chi connectivity index (χ0n) is 16.7. The van der Waals surface area contributed by atoms with Gasteiger partial charge in [0.1, 0.15) is 5.17 Å². The van der Waals surface area contributed by atoms with Crippen LogP contribution in [0, 0.1) is 5.41 Å². The first-order valence-electron chi connectivity index (χ1n) is 9.66. The van der Waals surface area contributed by atoms with Crippen molar-refractivity contribution >= 4 is 29.0 Å². The fraction of sp³-hybridized carbons (Fsp3) is 0.174. The Morgan fingerprint density at radius 2 is 1.67 bits per heavy atom. The lowest BCUT2D eigenvalue weighted by atomic mass is 10.1. The fourth-order valence-electron chi connectivity index (χ4n) is 3.10. The number of ether oxygens (including phenoxy) is 1. The maximum atomic E-state index is 12.2. The minimum atomic E-state index is -0.592. The Morgan fingerprint density at radius 3 is 2.17 bits per heavy atom. The SMILES string of the molecule is CCOC(=O)/C(C=N)=C1\N=C(Cl)C=C(N(Cc2ccccc2)Cc2ccccc2)[NH2+]1. The number of carbonyl (C=O) groups excluding carboxylic acids is 1. The minimum absolute atomic E-state index is 0.0694. The largest absolute Gasteiger partial charge is 0.462 e. The summed E-state index contributed by atoms with van der Waals surface area (Å²) in [6.45, 7) is 3.24. The Labute approximate surface area is 181 Å². The maximum Gasteiger partial charge on any atom is 0.347 e. The molecule has 0 bridgehead atoms. The fourth-order valence-corrected chi connectivity index (χ4v) is 3.30. The summed E-state index contributed by atoms with van der Waals surface area (Å²) in [7, 11) is 0.